The van der Waals surface area contributed by atoms with E-state index in [-0.39, 0.29) is 0 Å². The molecule has 96 valence electrons. The van der Waals surface area contributed by atoms with E-state index in [1.807, 2.05) is 0 Å². The molecule has 1 aromatic rings. The molecule has 2 rings (SSSR count). The van der Waals surface area contributed by atoms with Gasteiger partial charge in [-0.05, 0) is 25.3 Å². The number of hydrogen-bond donors (Lipinski definition) is 1. The molecule has 0 aromatic carbocycles. The van der Waals surface area contributed by atoms with Crippen LogP contribution in [0.2, 0.25) is 0 Å². The van der Waals surface area contributed by atoms with Crippen LogP contribution in [0, 0.1) is 5.92 Å². The minimum atomic E-state index is 0.482. The summed E-state index contributed by atoms with van der Waals surface area (Å²) in [7, 11) is 0. The number of aromatic nitrogens is 2. The van der Waals surface area contributed by atoms with Crippen molar-refractivity contribution in [3.8, 4) is 0 Å². The van der Waals surface area contributed by atoms with Gasteiger partial charge in [-0.15, -0.1) is 0 Å². The molecule has 1 aliphatic heterocycles. The first-order valence-electron chi connectivity index (χ1n) is 6.44. The number of likely N-dealkylation sites (tertiary alicyclic amines) is 1. The van der Waals surface area contributed by atoms with E-state index < -0.39 is 0 Å². The summed E-state index contributed by atoms with van der Waals surface area (Å²) in [4.78, 5) is 6.76. The number of hydrogen-bond acceptors (Lipinski definition) is 5. The van der Waals surface area contributed by atoms with Crippen LogP contribution in [0.5, 0.6) is 0 Å². The highest BCUT2D eigenvalue weighted by Crippen LogP contribution is 2.18. The van der Waals surface area contributed by atoms with Gasteiger partial charge in [0.15, 0.2) is 5.82 Å². The van der Waals surface area contributed by atoms with Crippen molar-refractivity contribution in [2.45, 2.75) is 45.7 Å². The molecular weight excluding hydrogens is 216 g/mol. The van der Waals surface area contributed by atoms with E-state index in [0.29, 0.717) is 18.5 Å². The minimum Gasteiger partial charge on any atom is -0.338 e. The molecular formula is C12H22N4O. The third kappa shape index (κ3) is 3.26. The second-order valence-corrected chi connectivity index (χ2v) is 5.20. The van der Waals surface area contributed by atoms with Crippen molar-refractivity contribution < 1.29 is 4.52 Å². The molecule has 0 aliphatic carbocycles. The fraction of sp³-hybridized carbons (Fsp3) is 0.833. The predicted molar refractivity (Wildman–Crippen MR) is 65.3 cm³/mol. The average molecular weight is 238 g/mol. The molecule has 5 nitrogen and oxygen atoms in total. The first kappa shape index (κ1) is 12.5. The summed E-state index contributed by atoms with van der Waals surface area (Å²) in [6.07, 6.45) is 3.28. The maximum Gasteiger partial charge on any atom is 0.240 e. The van der Waals surface area contributed by atoms with Gasteiger partial charge in [-0.1, -0.05) is 19.0 Å². The van der Waals surface area contributed by atoms with Crippen LogP contribution in [0.3, 0.4) is 0 Å². The van der Waals surface area contributed by atoms with E-state index in [1.165, 1.54) is 12.8 Å². The van der Waals surface area contributed by atoms with Crippen molar-refractivity contribution in [3.63, 3.8) is 0 Å². The SMILES string of the molecule is CC(C)Cc1noc(CN2CCCC2CN)n1. The smallest absolute Gasteiger partial charge is 0.240 e. The van der Waals surface area contributed by atoms with E-state index >= 15 is 0 Å². The molecule has 1 saturated heterocycles. The summed E-state index contributed by atoms with van der Waals surface area (Å²) in [6.45, 7) is 6.85. The molecule has 0 radical (unpaired) electrons. The van der Waals surface area contributed by atoms with Gasteiger partial charge >= 0.3 is 0 Å². The van der Waals surface area contributed by atoms with Crippen molar-refractivity contribution >= 4 is 0 Å². The first-order chi connectivity index (χ1) is 8.19. The minimum absolute atomic E-state index is 0.482. The third-order valence-electron chi connectivity index (χ3n) is 3.21. The summed E-state index contributed by atoms with van der Waals surface area (Å²) in [6, 6.07) is 0.482. The average Bonchev–Trinajstić information content (AvgIpc) is 2.87. The quantitative estimate of drug-likeness (QED) is 0.834. The number of rotatable bonds is 5. The van der Waals surface area contributed by atoms with Gasteiger partial charge in [-0.3, -0.25) is 4.90 Å². The molecule has 0 amide bonds. The Bertz CT molecular complexity index is 350. The number of nitrogens with zero attached hydrogens (tertiary/aromatic N) is 3. The molecule has 17 heavy (non-hydrogen) atoms. The highest BCUT2D eigenvalue weighted by atomic mass is 16.5. The van der Waals surface area contributed by atoms with Crippen LogP contribution in [0.15, 0.2) is 4.52 Å². The van der Waals surface area contributed by atoms with E-state index in [0.717, 1.165) is 31.2 Å². The molecule has 0 saturated carbocycles. The fourth-order valence-electron chi connectivity index (χ4n) is 2.35. The lowest BCUT2D eigenvalue weighted by atomic mass is 10.1. The third-order valence-corrected chi connectivity index (χ3v) is 3.21. The van der Waals surface area contributed by atoms with Gasteiger partial charge < -0.3 is 10.3 Å². The molecule has 2 N–H and O–H groups in total. The fourth-order valence-corrected chi connectivity index (χ4v) is 2.35. The zero-order chi connectivity index (χ0) is 12.3. The molecule has 0 spiro atoms. The topological polar surface area (TPSA) is 68.2 Å². The van der Waals surface area contributed by atoms with Gasteiger partial charge in [-0.25, -0.2) is 0 Å². The van der Waals surface area contributed by atoms with E-state index in [2.05, 4.69) is 28.9 Å². The van der Waals surface area contributed by atoms with Crippen LogP contribution in [0.4, 0.5) is 0 Å². The van der Waals surface area contributed by atoms with Crippen LogP contribution in [0.1, 0.15) is 38.4 Å². The van der Waals surface area contributed by atoms with Gasteiger partial charge in [0.1, 0.15) is 0 Å². The Labute approximate surface area is 102 Å². The Balaban J connectivity index is 1.92. The van der Waals surface area contributed by atoms with Gasteiger partial charge in [0.25, 0.3) is 0 Å². The van der Waals surface area contributed by atoms with Gasteiger partial charge in [0, 0.05) is 19.0 Å². The highest BCUT2D eigenvalue weighted by molar-refractivity contribution is 4.90. The second kappa shape index (κ2) is 5.60. The Morgan fingerprint density at radius 3 is 3.06 bits per heavy atom. The Hall–Kier alpha value is -0.940. The van der Waals surface area contributed by atoms with Crippen LogP contribution < -0.4 is 5.73 Å². The lowest BCUT2D eigenvalue weighted by Crippen LogP contribution is -2.34. The summed E-state index contributed by atoms with van der Waals surface area (Å²) >= 11 is 0. The van der Waals surface area contributed by atoms with Crippen molar-refractivity contribution in [2.75, 3.05) is 13.1 Å². The lowest BCUT2D eigenvalue weighted by Gasteiger charge is -2.20. The van der Waals surface area contributed by atoms with Crippen LogP contribution >= 0.6 is 0 Å². The maximum absolute atomic E-state index is 5.74. The van der Waals surface area contributed by atoms with Crippen LogP contribution in [0.25, 0.3) is 0 Å². The van der Waals surface area contributed by atoms with Gasteiger partial charge in [0.2, 0.25) is 5.89 Å². The molecule has 5 heteroatoms. The largest absolute Gasteiger partial charge is 0.338 e. The van der Waals surface area contributed by atoms with Gasteiger partial charge in [0.05, 0.1) is 6.54 Å². The maximum atomic E-state index is 5.74. The molecule has 2 heterocycles. The summed E-state index contributed by atoms with van der Waals surface area (Å²) in [5, 5.41) is 4.01. The molecule has 1 aliphatic rings. The molecule has 1 fully saturated rings. The Kier molecular flexibility index (Phi) is 4.12. The van der Waals surface area contributed by atoms with Gasteiger partial charge in [-0.2, -0.15) is 4.98 Å². The highest BCUT2D eigenvalue weighted by Gasteiger charge is 2.24. The second-order valence-electron chi connectivity index (χ2n) is 5.20. The zero-order valence-corrected chi connectivity index (χ0v) is 10.7. The number of nitrogens with two attached hydrogens (primary N) is 1. The zero-order valence-electron chi connectivity index (χ0n) is 10.7. The monoisotopic (exact) mass is 238 g/mol. The standard InChI is InChI=1S/C12H22N4O/c1-9(2)6-11-14-12(17-15-11)8-16-5-3-4-10(16)7-13/h9-10H,3-8,13H2,1-2H3. The van der Waals surface area contributed by atoms with Crippen molar-refractivity contribution in [3.05, 3.63) is 11.7 Å². The normalized spacial score (nSPS) is 21.5. The molecule has 0 bridgehead atoms. The van der Waals surface area contributed by atoms with Crippen molar-refractivity contribution in [2.24, 2.45) is 11.7 Å². The van der Waals surface area contributed by atoms with Crippen LogP contribution in [-0.2, 0) is 13.0 Å². The molecule has 1 unspecified atom stereocenters. The summed E-state index contributed by atoms with van der Waals surface area (Å²) in [5.41, 5.74) is 5.74. The predicted octanol–water partition coefficient (Wildman–Crippen LogP) is 1.19. The van der Waals surface area contributed by atoms with Crippen molar-refractivity contribution in [1.82, 2.24) is 15.0 Å². The van der Waals surface area contributed by atoms with Crippen LogP contribution in [-0.4, -0.2) is 34.2 Å². The Morgan fingerprint density at radius 1 is 1.53 bits per heavy atom. The van der Waals surface area contributed by atoms with E-state index in [4.69, 9.17) is 10.3 Å². The van der Waals surface area contributed by atoms with Crippen molar-refractivity contribution in [1.29, 1.82) is 0 Å². The molecule has 1 atom stereocenters. The molecule has 1 aromatic heterocycles. The van der Waals surface area contributed by atoms with E-state index in [1.54, 1.807) is 0 Å². The Morgan fingerprint density at radius 2 is 2.35 bits per heavy atom. The van der Waals surface area contributed by atoms with E-state index in [9.17, 15) is 0 Å². The summed E-state index contributed by atoms with van der Waals surface area (Å²) < 4.78 is 5.28. The summed E-state index contributed by atoms with van der Waals surface area (Å²) in [5.74, 6) is 2.10. The lowest BCUT2D eigenvalue weighted by molar-refractivity contribution is 0.214. The first-order valence-corrected chi connectivity index (χ1v) is 6.44.